The van der Waals surface area contributed by atoms with E-state index in [9.17, 15) is 13.2 Å². The normalized spacial score (nSPS) is 12.0. The fourth-order valence-electron chi connectivity index (χ4n) is 1.84. The maximum atomic E-state index is 12.6. The molecule has 2 heterocycles. The third-order valence-electron chi connectivity index (χ3n) is 2.86. The molecule has 1 aromatic carbocycles. The highest BCUT2D eigenvalue weighted by atomic mass is 32.1. The van der Waals surface area contributed by atoms with Gasteiger partial charge in [-0.05, 0) is 18.2 Å². The van der Waals surface area contributed by atoms with Crippen molar-refractivity contribution in [3.8, 4) is 0 Å². The van der Waals surface area contributed by atoms with Gasteiger partial charge in [0.25, 0.3) is 0 Å². The summed E-state index contributed by atoms with van der Waals surface area (Å²) in [5.74, 6) is 0. The van der Waals surface area contributed by atoms with Crippen LogP contribution < -0.4 is 5.32 Å². The Bertz CT molecular complexity index is 735. The second-order valence-electron chi connectivity index (χ2n) is 4.36. The molecule has 0 amide bonds. The van der Waals surface area contributed by atoms with Crippen LogP contribution in [0.25, 0.3) is 10.2 Å². The predicted molar refractivity (Wildman–Crippen MR) is 78.9 cm³/mol. The minimum atomic E-state index is -4.34. The number of halogens is 3. The van der Waals surface area contributed by atoms with E-state index in [0.717, 1.165) is 28.9 Å². The average molecular weight is 329 g/mol. The van der Waals surface area contributed by atoms with Crippen molar-refractivity contribution in [3.63, 3.8) is 0 Å². The predicted octanol–water partition coefficient (Wildman–Crippen LogP) is 4.43. The molecule has 0 saturated heterocycles. The van der Waals surface area contributed by atoms with Gasteiger partial charge in [0, 0.05) is 18.3 Å². The van der Waals surface area contributed by atoms with Gasteiger partial charge in [-0.25, -0.2) is 9.97 Å². The second kappa shape index (κ2) is 5.61. The van der Waals surface area contributed by atoms with Crippen molar-refractivity contribution in [1.29, 1.82) is 0 Å². The van der Waals surface area contributed by atoms with Crippen LogP contribution in [0.15, 0.2) is 29.1 Å². The summed E-state index contributed by atoms with van der Waals surface area (Å²) in [6.07, 6.45) is -3.58. The standard InChI is InChI=1S/C13H10F3N3S2/c14-13(15,16)8-1-2-11-10(5-8)19-12(21-11)17-4-3-9-6-20-7-18-9/h1-2,5-7H,3-4H2,(H,17,19). The molecule has 0 radical (unpaired) electrons. The minimum absolute atomic E-state index is 0.367. The number of benzene rings is 1. The van der Waals surface area contributed by atoms with Crippen LogP contribution in [0.3, 0.4) is 0 Å². The van der Waals surface area contributed by atoms with Crippen LogP contribution in [0.4, 0.5) is 18.3 Å². The quantitative estimate of drug-likeness (QED) is 0.769. The number of rotatable bonds is 4. The zero-order valence-electron chi connectivity index (χ0n) is 10.6. The first-order valence-corrected chi connectivity index (χ1v) is 7.87. The van der Waals surface area contributed by atoms with Crippen molar-refractivity contribution >= 4 is 38.0 Å². The van der Waals surface area contributed by atoms with E-state index in [1.807, 2.05) is 5.38 Å². The van der Waals surface area contributed by atoms with Gasteiger partial charge in [-0.2, -0.15) is 13.2 Å². The number of aromatic nitrogens is 2. The molecular formula is C13H10F3N3S2. The van der Waals surface area contributed by atoms with Crippen LogP contribution in [0.5, 0.6) is 0 Å². The largest absolute Gasteiger partial charge is 0.416 e. The van der Waals surface area contributed by atoms with E-state index in [4.69, 9.17) is 0 Å². The van der Waals surface area contributed by atoms with E-state index in [-0.39, 0.29) is 0 Å². The summed E-state index contributed by atoms with van der Waals surface area (Å²) in [6.45, 7) is 0.648. The molecule has 3 aromatic rings. The molecular weight excluding hydrogens is 319 g/mol. The molecule has 0 aliphatic heterocycles. The molecule has 8 heteroatoms. The van der Waals surface area contributed by atoms with Crippen molar-refractivity contribution in [2.75, 3.05) is 11.9 Å². The van der Waals surface area contributed by atoms with Gasteiger partial charge in [0.05, 0.1) is 27.0 Å². The summed E-state index contributed by atoms with van der Waals surface area (Å²) in [6, 6.07) is 3.62. The SMILES string of the molecule is FC(F)(F)c1ccc2sc(NCCc3cscn3)nc2c1. The van der Waals surface area contributed by atoms with Crippen molar-refractivity contribution < 1.29 is 13.2 Å². The van der Waals surface area contributed by atoms with Gasteiger partial charge in [0.15, 0.2) is 5.13 Å². The highest BCUT2D eigenvalue weighted by molar-refractivity contribution is 7.22. The first kappa shape index (κ1) is 14.3. The Balaban J connectivity index is 1.72. The fourth-order valence-corrected chi connectivity index (χ4v) is 3.30. The van der Waals surface area contributed by atoms with Gasteiger partial charge in [-0.15, -0.1) is 11.3 Å². The first-order valence-electron chi connectivity index (χ1n) is 6.11. The number of nitrogens with zero attached hydrogens (tertiary/aromatic N) is 2. The molecule has 0 aliphatic rings. The fraction of sp³-hybridized carbons (Fsp3) is 0.231. The highest BCUT2D eigenvalue weighted by Crippen LogP contribution is 2.33. The summed E-state index contributed by atoms with van der Waals surface area (Å²) >= 11 is 2.88. The molecule has 0 atom stereocenters. The molecule has 0 bridgehead atoms. The maximum absolute atomic E-state index is 12.6. The lowest BCUT2D eigenvalue weighted by Crippen LogP contribution is -2.04. The Labute approximate surface area is 126 Å². The zero-order valence-corrected chi connectivity index (χ0v) is 12.3. The molecule has 3 nitrogen and oxygen atoms in total. The number of nitrogens with one attached hydrogen (secondary N) is 1. The molecule has 2 aromatic heterocycles. The monoisotopic (exact) mass is 329 g/mol. The van der Waals surface area contributed by atoms with Crippen LogP contribution in [0.2, 0.25) is 0 Å². The summed E-state index contributed by atoms with van der Waals surface area (Å²) < 4.78 is 38.6. The molecule has 0 aliphatic carbocycles. The van der Waals surface area contributed by atoms with Gasteiger partial charge >= 0.3 is 6.18 Å². The molecule has 0 fully saturated rings. The Morgan fingerprint density at radius 3 is 2.81 bits per heavy atom. The van der Waals surface area contributed by atoms with Crippen LogP contribution in [0.1, 0.15) is 11.3 Å². The lowest BCUT2D eigenvalue weighted by Gasteiger charge is -2.04. The number of hydrogen-bond donors (Lipinski definition) is 1. The van der Waals surface area contributed by atoms with Crippen LogP contribution >= 0.6 is 22.7 Å². The Hall–Kier alpha value is -1.67. The average Bonchev–Trinajstić information content (AvgIpc) is 3.05. The smallest absolute Gasteiger partial charge is 0.361 e. The molecule has 0 unspecified atom stereocenters. The molecule has 3 rings (SSSR count). The third kappa shape index (κ3) is 3.33. The number of thiazole rings is 2. The first-order chi connectivity index (χ1) is 10.0. The van der Waals surface area contributed by atoms with E-state index < -0.39 is 11.7 Å². The van der Waals surface area contributed by atoms with Crippen molar-refractivity contribution in [3.05, 3.63) is 40.3 Å². The van der Waals surface area contributed by atoms with Gasteiger partial charge in [-0.3, -0.25) is 0 Å². The third-order valence-corrected chi connectivity index (χ3v) is 4.49. The van der Waals surface area contributed by atoms with E-state index in [1.165, 1.54) is 28.7 Å². The zero-order chi connectivity index (χ0) is 14.9. The topological polar surface area (TPSA) is 37.8 Å². The van der Waals surface area contributed by atoms with Gasteiger partial charge in [-0.1, -0.05) is 11.3 Å². The van der Waals surface area contributed by atoms with E-state index in [0.29, 0.717) is 17.2 Å². The summed E-state index contributed by atoms with van der Waals surface area (Å²) in [7, 11) is 0. The van der Waals surface area contributed by atoms with Crippen LogP contribution in [-0.2, 0) is 12.6 Å². The van der Waals surface area contributed by atoms with Gasteiger partial charge < -0.3 is 5.32 Å². The molecule has 110 valence electrons. The van der Waals surface area contributed by atoms with Crippen LogP contribution in [0, 0.1) is 0 Å². The Morgan fingerprint density at radius 2 is 2.10 bits per heavy atom. The summed E-state index contributed by atoms with van der Waals surface area (Å²) in [4.78, 5) is 8.36. The molecule has 0 spiro atoms. The molecule has 0 saturated carbocycles. The number of alkyl halides is 3. The molecule has 1 N–H and O–H groups in total. The molecule has 21 heavy (non-hydrogen) atoms. The number of hydrogen-bond acceptors (Lipinski definition) is 5. The lowest BCUT2D eigenvalue weighted by molar-refractivity contribution is -0.137. The van der Waals surface area contributed by atoms with Crippen molar-refractivity contribution in [2.45, 2.75) is 12.6 Å². The summed E-state index contributed by atoms with van der Waals surface area (Å²) in [5, 5.41) is 5.71. The van der Waals surface area contributed by atoms with E-state index in [1.54, 1.807) is 5.51 Å². The van der Waals surface area contributed by atoms with Crippen LogP contribution in [-0.4, -0.2) is 16.5 Å². The minimum Gasteiger partial charge on any atom is -0.361 e. The number of anilines is 1. The highest BCUT2D eigenvalue weighted by Gasteiger charge is 2.30. The Kier molecular flexibility index (Phi) is 3.81. The van der Waals surface area contributed by atoms with Crippen molar-refractivity contribution in [2.24, 2.45) is 0 Å². The Morgan fingerprint density at radius 1 is 1.24 bits per heavy atom. The lowest BCUT2D eigenvalue weighted by atomic mass is 10.2. The maximum Gasteiger partial charge on any atom is 0.416 e. The van der Waals surface area contributed by atoms with Gasteiger partial charge in [0.1, 0.15) is 0 Å². The van der Waals surface area contributed by atoms with Gasteiger partial charge in [0.2, 0.25) is 0 Å². The second-order valence-corrected chi connectivity index (χ2v) is 6.11. The van der Waals surface area contributed by atoms with E-state index in [2.05, 4.69) is 15.3 Å². The summed E-state index contributed by atoms with van der Waals surface area (Å²) in [5.41, 5.74) is 2.46. The number of fused-ring (bicyclic) bond motifs is 1. The van der Waals surface area contributed by atoms with Crippen molar-refractivity contribution in [1.82, 2.24) is 9.97 Å². The van der Waals surface area contributed by atoms with E-state index >= 15 is 0 Å².